The fraction of sp³-hybridized carbons (Fsp3) is 1.00. The van der Waals surface area contributed by atoms with Crippen LogP contribution in [0, 0.1) is 17.8 Å². The molecule has 0 aliphatic heterocycles. The number of hydrogen-bond donors (Lipinski definition) is 0. The largest absolute Gasteiger partial charge is 0.0963 e. The van der Waals surface area contributed by atoms with Gasteiger partial charge in [-0.3, -0.25) is 0 Å². The van der Waals surface area contributed by atoms with Gasteiger partial charge < -0.3 is 0 Å². The lowest BCUT2D eigenvalue weighted by molar-refractivity contribution is 0.344. The second-order valence-corrected chi connectivity index (χ2v) is 11.8. The van der Waals surface area contributed by atoms with Crippen molar-refractivity contribution in [1.82, 2.24) is 0 Å². The third-order valence-electron chi connectivity index (χ3n) is 7.35. The molecule has 0 amide bonds. The van der Waals surface area contributed by atoms with E-state index in [2.05, 4.69) is 20.8 Å². The van der Waals surface area contributed by atoms with Gasteiger partial charge in [0.15, 0.2) is 0 Å². The Kier molecular flexibility index (Phi) is 6.28. The second kappa shape index (κ2) is 8.00. The maximum Gasteiger partial charge on any atom is -0.0178 e. The highest BCUT2D eigenvalue weighted by Crippen LogP contribution is 2.64. The molecule has 0 saturated heterocycles. The third kappa shape index (κ3) is 3.74. The summed E-state index contributed by atoms with van der Waals surface area (Å²) in [5.41, 5.74) is 3.37. The molecule has 0 bridgehead atoms. The van der Waals surface area contributed by atoms with Gasteiger partial charge >= 0.3 is 0 Å². The molecule has 1 heteroatoms. The lowest BCUT2D eigenvalue weighted by Crippen LogP contribution is -2.37. The normalized spacial score (nSPS) is 45.4. The van der Waals surface area contributed by atoms with Crippen LogP contribution in [0.25, 0.3) is 0 Å². The van der Waals surface area contributed by atoms with Gasteiger partial charge in [-0.05, 0) is 54.0 Å². The van der Waals surface area contributed by atoms with E-state index in [0.717, 1.165) is 34.7 Å². The molecular weight excluding hydrogens is 283 g/mol. The van der Waals surface area contributed by atoms with Crippen LogP contribution >= 0.6 is 7.92 Å². The van der Waals surface area contributed by atoms with Gasteiger partial charge in [0.25, 0.3) is 0 Å². The molecule has 128 valence electrons. The van der Waals surface area contributed by atoms with E-state index in [4.69, 9.17) is 0 Å². The van der Waals surface area contributed by atoms with Crippen LogP contribution in [0.15, 0.2) is 0 Å². The molecule has 0 aromatic rings. The molecule has 0 nitrogen and oxygen atoms in total. The van der Waals surface area contributed by atoms with E-state index >= 15 is 0 Å². The van der Waals surface area contributed by atoms with E-state index in [1.165, 1.54) is 57.8 Å². The van der Waals surface area contributed by atoms with Crippen LogP contribution < -0.4 is 0 Å². The molecule has 22 heavy (non-hydrogen) atoms. The minimum Gasteiger partial charge on any atom is -0.0963 e. The lowest BCUT2D eigenvalue weighted by atomic mass is 9.89. The average molecular weight is 323 g/mol. The van der Waals surface area contributed by atoms with Crippen molar-refractivity contribution in [2.45, 2.75) is 115 Å². The van der Waals surface area contributed by atoms with Crippen molar-refractivity contribution < 1.29 is 0 Å². The Morgan fingerprint density at radius 3 is 1.00 bits per heavy atom. The van der Waals surface area contributed by atoms with Gasteiger partial charge in [-0.25, -0.2) is 0 Å². The summed E-state index contributed by atoms with van der Waals surface area (Å²) in [6.45, 7) is 7.83. The SMILES string of the molecule is CC1CCCCC1P(C1CCCCC1C)C1CCCCC1C. The Labute approximate surface area is 141 Å². The van der Waals surface area contributed by atoms with Crippen LogP contribution in [0.5, 0.6) is 0 Å². The summed E-state index contributed by atoms with van der Waals surface area (Å²) in [6, 6.07) is 0. The van der Waals surface area contributed by atoms with Gasteiger partial charge in [0.05, 0.1) is 0 Å². The van der Waals surface area contributed by atoms with E-state index in [0.29, 0.717) is 0 Å². The summed E-state index contributed by atoms with van der Waals surface area (Å²) >= 11 is 0. The van der Waals surface area contributed by atoms with Crippen molar-refractivity contribution in [3.8, 4) is 0 Å². The van der Waals surface area contributed by atoms with Crippen LogP contribution in [-0.4, -0.2) is 17.0 Å². The van der Waals surface area contributed by atoms with Gasteiger partial charge in [-0.2, -0.15) is 0 Å². The van der Waals surface area contributed by atoms with Gasteiger partial charge in [0.1, 0.15) is 0 Å². The van der Waals surface area contributed by atoms with Crippen molar-refractivity contribution in [2.24, 2.45) is 17.8 Å². The molecule has 3 aliphatic carbocycles. The first kappa shape index (κ1) is 17.3. The topological polar surface area (TPSA) is 0 Å². The van der Waals surface area contributed by atoms with Crippen molar-refractivity contribution >= 4 is 7.92 Å². The summed E-state index contributed by atoms with van der Waals surface area (Å²) < 4.78 is 0. The number of hydrogen-bond acceptors (Lipinski definition) is 0. The quantitative estimate of drug-likeness (QED) is 0.482. The second-order valence-electron chi connectivity index (χ2n) is 8.93. The highest BCUT2D eigenvalue weighted by molar-refractivity contribution is 7.60. The van der Waals surface area contributed by atoms with Crippen molar-refractivity contribution in [3.63, 3.8) is 0 Å². The van der Waals surface area contributed by atoms with Gasteiger partial charge in [0.2, 0.25) is 0 Å². The molecule has 0 heterocycles. The maximum atomic E-state index is 2.61. The highest BCUT2D eigenvalue weighted by atomic mass is 31.1. The van der Waals surface area contributed by atoms with E-state index in [1.54, 1.807) is 19.3 Å². The lowest BCUT2D eigenvalue weighted by Gasteiger charge is -2.50. The Morgan fingerprint density at radius 1 is 0.455 bits per heavy atom. The van der Waals surface area contributed by atoms with Gasteiger partial charge in [-0.15, -0.1) is 0 Å². The summed E-state index contributed by atoms with van der Waals surface area (Å²) in [7, 11) is 0.267. The fourth-order valence-electron chi connectivity index (χ4n) is 5.96. The van der Waals surface area contributed by atoms with Gasteiger partial charge in [0, 0.05) is 0 Å². The zero-order chi connectivity index (χ0) is 15.5. The molecule has 0 aromatic heterocycles. The molecule has 0 aromatic carbocycles. The average Bonchev–Trinajstić information content (AvgIpc) is 2.53. The van der Waals surface area contributed by atoms with E-state index in [-0.39, 0.29) is 7.92 Å². The molecule has 0 N–H and O–H groups in total. The predicted octanol–water partition coefficient (Wildman–Crippen LogP) is 7.20. The molecule has 0 spiro atoms. The standard InChI is InChI=1S/C21H39P/c1-16-10-4-7-13-19(16)22(20-14-8-5-11-17(20)2)21-15-9-6-12-18(21)3/h16-21H,4-15H2,1-3H3. The first-order valence-electron chi connectivity index (χ1n) is 10.5. The van der Waals surface area contributed by atoms with Gasteiger partial charge in [-0.1, -0.05) is 86.5 Å². The third-order valence-corrected chi connectivity index (χ3v) is 11.9. The Bertz CT molecular complexity index is 286. The van der Waals surface area contributed by atoms with Crippen molar-refractivity contribution in [3.05, 3.63) is 0 Å². The zero-order valence-electron chi connectivity index (χ0n) is 15.4. The Hall–Kier alpha value is 0.430. The van der Waals surface area contributed by atoms with Crippen LogP contribution in [0.4, 0.5) is 0 Å². The molecule has 3 rings (SSSR count). The smallest absolute Gasteiger partial charge is 0.0178 e. The van der Waals surface area contributed by atoms with Crippen molar-refractivity contribution in [1.29, 1.82) is 0 Å². The summed E-state index contributed by atoms with van der Waals surface area (Å²) in [5, 5.41) is 0. The first-order valence-corrected chi connectivity index (χ1v) is 12.0. The molecule has 6 unspecified atom stereocenters. The highest BCUT2D eigenvalue weighted by Gasteiger charge is 2.43. The van der Waals surface area contributed by atoms with Crippen LogP contribution in [0.1, 0.15) is 97.8 Å². The Balaban J connectivity index is 1.83. The zero-order valence-corrected chi connectivity index (χ0v) is 16.3. The van der Waals surface area contributed by atoms with Crippen LogP contribution in [0.3, 0.4) is 0 Å². The Morgan fingerprint density at radius 2 is 0.727 bits per heavy atom. The molecule has 3 aliphatic rings. The predicted molar refractivity (Wildman–Crippen MR) is 101 cm³/mol. The first-order chi connectivity index (χ1) is 10.7. The van der Waals surface area contributed by atoms with Crippen LogP contribution in [0.2, 0.25) is 0 Å². The minimum absolute atomic E-state index is 0.267. The van der Waals surface area contributed by atoms with Crippen molar-refractivity contribution in [2.75, 3.05) is 0 Å². The fourth-order valence-corrected chi connectivity index (χ4v) is 11.1. The van der Waals surface area contributed by atoms with E-state index in [1.807, 2.05) is 0 Å². The molecule has 0 radical (unpaired) electrons. The summed E-state index contributed by atoms with van der Waals surface area (Å²) in [5.74, 6) is 3.09. The van der Waals surface area contributed by atoms with E-state index in [9.17, 15) is 0 Å². The molecular formula is C21H39P. The molecule has 3 saturated carbocycles. The molecule has 3 fully saturated rings. The molecule has 6 atom stereocenters. The minimum atomic E-state index is 0.267. The number of rotatable bonds is 3. The summed E-state index contributed by atoms with van der Waals surface area (Å²) in [6.07, 6.45) is 18.5. The van der Waals surface area contributed by atoms with E-state index < -0.39 is 0 Å². The summed E-state index contributed by atoms with van der Waals surface area (Å²) in [4.78, 5) is 0. The maximum absolute atomic E-state index is 2.61. The van der Waals surface area contributed by atoms with Crippen LogP contribution in [-0.2, 0) is 0 Å². The monoisotopic (exact) mass is 322 g/mol.